The third-order valence-corrected chi connectivity index (χ3v) is 4.31. The molecule has 0 saturated heterocycles. The molecule has 2 rings (SSSR count). The first-order valence-corrected chi connectivity index (χ1v) is 7.81. The molecule has 0 aliphatic heterocycles. The van der Waals surface area contributed by atoms with Crippen molar-refractivity contribution >= 4 is 23.4 Å². The van der Waals surface area contributed by atoms with Crippen LogP contribution in [0.2, 0.25) is 0 Å². The van der Waals surface area contributed by atoms with Gasteiger partial charge in [0, 0.05) is 24.2 Å². The predicted molar refractivity (Wildman–Crippen MR) is 89.2 cm³/mol. The van der Waals surface area contributed by atoms with Crippen molar-refractivity contribution in [3.8, 4) is 0 Å². The number of thioether (sulfide) groups is 1. The van der Waals surface area contributed by atoms with E-state index in [1.165, 1.54) is 17.3 Å². The molecule has 2 aromatic rings. The van der Waals surface area contributed by atoms with Gasteiger partial charge in [-0.3, -0.25) is 4.79 Å². The Morgan fingerprint density at radius 3 is 2.48 bits per heavy atom. The molecule has 2 N–H and O–H groups in total. The number of hydrogen-bond donors (Lipinski definition) is 1. The van der Waals surface area contributed by atoms with E-state index in [2.05, 4.69) is 31.2 Å². The van der Waals surface area contributed by atoms with Gasteiger partial charge in [-0.2, -0.15) is 0 Å². The highest BCUT2D eigenvalue weighted by molar-refractivity contribution is 8.00. The molecular formula is C17H20N2OS. The fourth-order valence-electron chi connectivity index (χ4n) is 1.92. The second-order valence-corrected chi connectivity index (χ2v) is 6.08. The summed E-state index contributed by atoms with van der Waals surface area (Å²) in [4.78, 5) is 14.9. The van der Waals surface area contributed by atoms with Gasteiger partial charge in [0.2, 0.25) is 5.91 Å². The lowest BCUT2D eigenvalue weighted by molar-refractivity contribution is -0.127. The Balaban J connectivity index is 1.88. The molecule has 21 heavy (non-hydrogen) atoms. The van der Waals surface area contributed by atoms with Crippen LogP contribution in [0.3, 0.4) is 0 Å². The fourth-order valence-corrected chi connectivity index (χ4v) is 2.83. The van der Waals surface area contributed by atoms with E-state index in [1.807, 2.05) is 31.3 Å². The Kier molecular flexibility index (Phi) is 5.28. The molecule has 0 bridgehead atoms. The third kappa shape index (κ3) is 4.53. The van der Waals surface area contributed by atoms with Crippen molar-refractivity contribution in [3.63, 3.8) is 0 Å². The monoisotopic (exact) mass is 300 g/mol. The summed E-state index contributed by atoms with van der Waals surface area (Å²) >= 11 is 1.48. The maximum absolute atomic E-state index is 12.2. The Morgan fingerprint density at radius 1 is 1.14 bits per heavy atom. The summed E-state index contributed by atoms with van der Waals surface area (Å²) in [6, 6.07) is 15.9. The number of benzene rings is 2. The largest absolute Gasteiger partial charge is 0.398 e. The van der Waals surface area contributed by atoms with Gasteiger partial charge >= 0.3 is 0 Å². The first-order chi connectivity index (χ1) is 10.1. The van der Waals surface area contributed by atoms with E-state index < -0.39 is 0 Å². The van der Waals surface area contributed by atoms with Crippen molar-refractivity contribution in [3.05, 3.63) is 59.7 Å². The maximum Gasteiger partial charge on any atom is 0.232 e. The standard InChI is InChI=1S/C17H20N2OS/c1-13-7-9-14(10-8-13)11-19(2)17(20)12-21-16-6-4-3-5-15(16)18/h3-10H,11-12,18H2,1-2H3. The van der Waals surface area contributed by atoms with Gasteiger partial charge in [-0.25, -0.2) is 0 Å². The van der Waals surface area contributed by atoms with Crippen molar-refractivity contribution in [2.75, 3.05) is 18.5 Å². The Labute approximate surface area is 130 Å². The molecule has 4 heteroatoms. The molecule has 1 amide bonds. The van der Waals surface area contributed by atoms with Crippen molar-refractivity contribution in [1.29, 1.82) is 0 Å². The van der Waals surface area contributed by atoms with Crippen molar-refractivity contribution in [1.82, 2.24) is 4.90 Å². The number of rotatable bonds is 5. The van der Waals surface area contributed by atoms with Crippen LogP contribution in [-0.4, -0.2) is 23.6 Å². The van der Waals surface area contributed by atoms with Crippen LogP contribution in [0.15, 0.2) is 53.4 Å². The van der Waals surface area contributed by atoms with Crippen molar-refractivity contribution < 1.29 is 4.79 Å². The minimum atomic E-state index is 0.101. The summed E-state index contributed by atoms with van der Waals surface area (Å²) in [5, 5.41) is 0. The molecule has 2 aromatic carbocycles. The molecule has 0 spiro atoms. The highest BCUT2D eigenvalue weighted by atomic mass is 32.2. The minimum Gasteiger partial charge on any atom is -0.398 e. The van der Waals surface area contributed by atoms with E-state index in [0.717, 1.165) is 16.1 Å². The summed E-state index contributed by atoms with van der Waals surface area (Å²) in [5.74, 6) is 0.500. The SMILES string of the molecule is Cc1ccc(CN(C)C(=O)CSc2ccccc2N)cc1. The molecule has 3 nitrogen and oxygen atoms in total. The van der Waals surface area contributed by atoms with Gasteiger partial charge in [0.25, 0.3) is 0 Å². The van der Waals surface area contributed by atoms with E-state index >= 15 is 0 Å². The molecule has 0 fully saturated rings. The summed E-state index contributed by atoms with van der Waals surface area (Å²) in [6.45, 7) is 2.68. The van der Waals surface area contributed by atoms with Gasteiger partial charge in [-0.05, 0) is 24.6 Å². The predicted octanol–water partition coefficient (Wildman–Crippen LogP) is 3.33. The summed E-state index contributed by atoms with van der Waals surface area (Å²) < 4.78 is 0. The summed E-state index contributed by atoms with van der Waals surface area (Å²) in [6.07, 6.45) is 0. The topological polar surface area (TPSA) is 46.3 Å². The van der Waals surface area contributed by atoms with Gasteiger partial charge in [-0.1, -0.05) is 42.0 Å². The summed E-state index contributed by atoms with van der Waals surface area (Å²) in [7, 11) is 1.83. The fraction of sp³-hybridized carbons (Fsp3) is 0.235. The zero-order valence-electron chi connectivity index (χ0n) is 12.4. The lowest BCUT2D eigenvalue weighted by Crippen LogP contribution is -2.27. The van der Waals surface area contributed by atoms with Gasteiger partial charge in [0.15, 0.2) is 0 Å². The van der Waals surface area contributed by atoms with Gasteiger partial charge in [-0.15, -0.1) is 11.8 Å². The lowest BCUT2D eigenvalue weighted by Gasteiger charge is -2.17. The molecular weight excluding hydrogens is 280 g/mol. The van der Waals surface area contributed by atoms with Crippen molar-refractivity contribution in [2.45, 2.75) is 18.4 Å². The van der Waals surface area contributed by atoms with Crippen LogP contribution in [0.4, 0.5) is 5.69 Å². The second kappa shape index (κ2) is 7.18. The Bertz CT molecular complexity index is 610. The number of nitrogens with zero attached hydrogens (tertiary/aromatic N) is 1. The minimum absolute atomic E-state index is 0.101. The van der Waals surface area contributed by atoms with Gasteiger partial charge in [0.05, 0.1) is 5.75 Å². The smallest absolute Gasteiger partial charge is 0.232 e. The number of hydrogen-bond acceptors (Lipinski definition) is 3. The average molecular weight is 300 g/mol. The molecule has 0 unspecified atom stereocenters. The molecule has 0 saturated carbocycles. The highest BCUT2D eigenvalue weighted by Gasteiger charge is 2.10. The van der Waals surface area contributed by atoms with Crippen LogP contribution in [0.25, 0.3) is 0 Å². The second-order valence-electron chi connectivity index (χ2n) is 5.06. The molecule has 110 valence electrons. The quantitative estimate of drug-likeness (QED) is 0.680. The number of nitrogens with two attached hydrogens (primary N) is 1. The van der Waals surface area contributed by atoms with Gasteiger partial charge < -0.3 is 10.6 Å². The first-order valence-electron chi connectivity index (χ1n) is 6.83. The number of carbonyl (C=O) groups is 1. The van der Waals surface area contributed by atoms with Crippen LogP contribution in [-0.2, 0) is 11.3 Å². The van der Waals surface area contributed by atoms with Crippen LogP contribution in [0.1, 0.15) is 11.1 Å². The normalized spacial score (nSPS) is 10.4. The average Bonchev–Trinajstić information content (AvgIpc) is 2.48. The van der Waals surface area contributed by atoms with Crippen LogP contribution < -0.4 is 5.73 Å². The number of para-hydroxylation sites is 1. The Hall–Kier alpha value is -1.94. The van der Waals surface area contributed by atoms with Crippen molar-refractivity contribution in [2.24, 2.45) is 0 Å². The molecule has 0 atom stereocenters. The van der Waals surface area contributed by atoms with E-state index in [4.69, 9.17) is 5.73 Å². The number of carbonyl (C=O) groups excluding carboxylic acids is 1. The number of anilines is 1. The molecule has 0 heterocycles. The van der Waals surface area contributed by atoms with Crippen LogP contribution >= 0.6 is 11.8 Å². The number of aryl methyl sites for hydroxylation is 1. The zero-order valence-corrected chi connectivity index (χ0v) is 13.2. The first kappa shape index (κ1) is 15.4. The molecule has 0 radical (unpaired) electrons. The van der Waals surface area contributed by atoms with E-state index in [-0.39, 0.29) is 5.91 Å². The molecule has 0 aromatic heterocycles. The zero-order chi connectivity index (χ0) is 15.2. The van der Waals surface area contributed by atoms with Crippen LogP contribution in [0.5, 0.6) is 0 Å². The van der Waals surface area contributed by atoms with E-state index in [9.17, 15) is 4.79 Å². The van der Waals surface area contributed by atoms with E-state index in [1.54, 1.807) is 4.90 Å². The number of nitrogen functional groups attached to an aromatic ring is 1. The Morgan fingerprint density at radius 2 is 1.81 bits per heavy atom. The molecule has 0 aliphatic rings. The lowest BCUT2D eigenvalue weighted by atomic mass is 10.1. The molecule has 0 aliphatic carbocycles. The maximum atomic E-state index is 12.2. The van der Waals surface area contributed by atoms with E-state index in [0.29, 0.717) is 12.3 Å². The van der Waals surface area contributed by atoms with Gasteiger partial charge in [0.1, 0.15) is 0 Å². The number of amides is 1. The van der Waals surface area contributed by atoms with Crippen LogP contribution in [0, 0.1) is 6.92 Å². The third-order valence-electron chi connectivity index (χ3n) is 3.24. The summed E-state index contributed by atoms with van der Waals surface area (Å²) in [5.41, 5.74) is 8.96. The highest BCUT2D eigenvalue weighted by Crippen LogP contribution is 2.24.